The van der Waals surface area contributed by atoms with Crippen molar-refractivity contribution in [2.45, 2.75) is 25.8 Å². The molecule has 0 spiro atoms. The highest BCUT2D eigenvalue weighted by Gasteiger charge is 2.19. The summed E-state index contributed by atoms with van der Waals surface area (Å²) >= 11 is 0. The van der Waals surface area contributed by atoms with Gasteiger partial charge in [-0.15, -0.1) is 0 Å². The van der Waals surface area contributed by atoms with Crippen molar-refractivity contribution in [3.8, 4) is 11.3 Å². The summed E-state index contributed by atoms with van der Waals surface area (Å²) in [5.41, 5.74) is 2.82. The van der Waals surface area contributed by atoms with E-state index in [0.29, 0.717) is 0 Å². The Morgan fingerprint density at radius 3 is 2.28 bits per heavy atom. The number of nitrogens with one attached hydrogen (secondary N) is 1. The first-order valence-corrected chi connectivity index (χ1v) is 10.3. The molecule has 4 nitrogen and oxygen atoms in total. The van der Waals surface area contributed by atoms with Gasteiger partial charge in [-0.25, -0.2) is 13.8 Å². The van der Waals surface area contributed by atoms with Crippen molar-refractivity contribution < 1.29 is 18.0 Å². The number of benzene rings is 3. The quantitative estimate of drug-likeness (QED) is 0.404. The van der Waals surface area contributed by atoms with Crippen LogP contribution in [0.1, 0.15) is 35.0 Å². The Bertz CT molecular complexity index is 1180. The molecule has 4 rings (SSSR count). The van der Waals surface area contributed by atoms with Crippen molar-refractivity contribution in [2.24, 2.45) is 0 Å². The van der Waals surface area contributed by atoms with Gasteiger partial charge in [0.2, 0.25) is 5.91 Å². The zero-order valence-electron chi connectivity index (χ0n) is 17.5. The molecule has 0 radical (unpaired) electrons. The highest BCUT2D eigenvalue weighted by atomic mass is 19.1. The van der Waals surface area contributed by atoms with Crippen molar-refractivity contribution in [2.75, 3.05) is 0 Å². The van der Waals surface area contributed by atoms with Gasteiger partial charge in [-0.05, 0) is 30.2 Å². The van der Waals surface area contributed by atoms with Gasteiger partial charge in [0.25, 0.3) is 0 Å². The van der Waals surface area contributed by atoms with Crippen LogP contribution in [0.15, 0.2) is 83.4 Å². The first kappa shape index (κ1) is 21.4. The molecule has 1 heterocycles. The third-order valence-electron chi connectivity index (χ3n) is 5.18. The molecular weight excluding hydrogens is 410 g/mol. The van der Waals surface area contributed by atoms with Gasteiger partial charge in [0, 0.05) is 12.8 Å². The molecule has 0 bridgehead atoms. The minimum atomic E-state index is -0.728. The van der Waals surface area contributed by atoms with Gasteiger partial charge in [-0.3, -0.25) is 4.79 Å². The summed E-state index contributed by atoms with van der Waals surface area (Å²) in [5.74, 6) is -1.40. The summed E-state index contributed by atoms with van der Waals surface area (Å²) < 4.78 is 33.4. The normalized spacial score (nSPS) is 11.8. The van der Waals surface area contributed by atoms with Crippen molar-refractivity contribution in [1.82, 2.24) is 10.3 Å². The second kappa shape index (κ2) is 9.56. The number of hydrogen-bond donors (Lipinski definition) is 1. The summed E-state index contributed by atoms with van der Waals surface area (Å²) in [5, 5.41) is 3.07. The Labute approximate surface area is 184 Å². The molecule has 1 N–H and O–H groups in total. The van der Waals surface area contributed by atoms with Crippen LogP contribution in [-0.4, -0.2) is 10.9 Å². The number of rotatable bonds is 7. The molecule has 0 aliphatic rings. The monoisotopic (exact) mass is 432 g/mol. The lowest BCUT2D eigenvalue weighted by molar-refractivity contribution is -0.121. The van der Waals surface area contributed by atoms with E-state index in [9.17, 15) is 13.6 Å². The van der Waals surface area contributed by atoms with Crippen molar-refractivity contribution >= 4 is 5.91 Å². The summed E-state index contributed by atoms with van der Waals surface area (Å²) in [6.45, 7) is 2.01. The number of aromatic nitrogens is 1. The van der Waals surface area contributed by atoms with Crippen molar-refractivity contribution in [1.29, 1.82) is 0 Å². The maximum atomic E-state index is 14.0. The Morgan fingerprint density at radius 1 is 0.938 bits per heavy atom. The second-order valence-corrected chi connectivity index (χ2v) is 7.54. The van der Waals surface area contributed by atoms with Gasteiger partial charge in [0.05, 0.1) is 17.8 Å². The number of amides is 1. The van der Waals surface area contributed by atoms with E-state index in [1.54, 1.807) is 0 Å². The van der Waals surface area contributed by atoms with E-state index in [1.807, 2.05) is 61.5 Å². The maximum absolute atomic E-state index is 14.0. The number of halogens is 2. The van der Waals surface area contributed by atoms with Crippen LogP contribution >= 0.6 is 0 Å². The first-order valence-electron chi connectivity index (χ1n) is 10.3. The number of nitrogens with zero attached hydrogens (tertiary/aromatic N) is 1. The smallest absolute Gasteiger partial charge is 0.221 e. The first-order chi connectivity index (χ1) is 15.5. The zero-order chi connectivity index (χ0) is 22.5. The Kier molecular flexibility index (Phi) is 6.40. The fourth-order valence-corrected chi connectivity index (χ4v) is 3.49. The molecule has 162 valence electrons. The predicted octanol–water partition coefficient (Wildman–Crippen LogP) is 5.77. The fraction of sp³-hybridized carbons (Fsp3) is 0.154. The molecule has 0 aliphatic carbocycles. The molecular formula is C26H22F2N2O2. The molecule has 3 aromatic carbocycles. The van der Waals surface area contributed by atoms with E-state index in [0.717, 1.165) is 28.8 Å². The number of oxazole rings is 1. The van der Waals surface area contributed by atoms with E-state index < -0.39 is 11.6 Å². The third kappa shape index (κ3) is 4.91. The van der Waals surface area contributed by atoms with Crippen LogP contribution in [0.3, 0.4) is 0 Å². The van der Waals surface area contributed by atoms with Gasteiger partial charge >= 0.3 is 0 Å². The lowest BCUT2D eigenvalue weighted by Gasteiger charge is -2.20. The Morgan fingerprint density at radius 2 is 1.59 bits per heavy atom. The molecule has 0 saturated carbocycles. The molecule has 1 aromatic heterocycles. The largest absolute Gasteiger partial charge is 0.441 e. The molecule has 6 heteroatoms. The van der Waals surface area contributed by atoms with E-state index in [1.165, 1.54) is 12.3 Å². The molecule has 4 aromatic rings. The zero-order valence-corrected chi connectivity index (χ0v) is 17.5. The van der Waals surface area contributed by atoms with Crippen LogP contribution in [0.4, 0.5) is 8.78 Å². The molecule has 0 saturated heterocycles. The van der Waals surface area contributed by atoms with Crippen LogP contribution in [0.5, 0.6) is 0 Å². The SMILES string of the molecule is Cc1ccc(C(NC(=O)CCc2ncc(-c3c(F)cccc3F)o2)c2ccccc2)cc1. The average molecular weight is 432 g/mol. The fourth-order valence-electron chi connectivity index (χ4n) is 3.49. The molecule has 0 fully saturated rings. The van der Waals surface area contributed by atoms with E-state index >= 15 is 0 Å². The number of aryl methyl sites for hydroxylation is 2. The van der Waals surface area contributed by atoms with Gasteiger partial charge in [-0.1, -0.05) is 66.2 Å². The maximum Gasteiger partial charge on any atom is 0.221 e. The van der Waals surface area contributed by atoms with Gasteiger partial charge in [0.15, 0.2) is 11.7 Å². The lowest BCUT2D eigenvalue weighted by atomic mass is 9.97. The number of hydrogen-bond acceptors (Lipinski definition) is 3. The van der Waals surface area contributed by atoms with Crippen LogP contribution in [0, 0.1) is 18.6 Å². The molecule has 0 aliphatic heterocycles. The summed E-state index contributed by atoms with van der Waals surface area (Å²) in [6, 6.07) is 21.0. The van der Waals surface area contributed by atoms with Gasteiger partial charge in [-0.2, -0.15) is 0 Å². The predicted molar refractivity (Wildman–Crippen MR) is 118 cm³/mol. The number of carbonyl (C=O) groups excluding carboxylic acids is 1. The highest BCUT2D eigenvalue weighted by molar-refractivity contribution is 5.77. The lowest BCUT2D eigenvalue weighted by Crippen LogP contribution is -2.29. The van der Waals surface area contributed by atoms with Gasteiger partial charge < -0.3 is 9.73 Å². The second-order valence-electron chi connectivity index (χ2n) is 7.54. The topological polar surface area (TPSA) is 55.1 Å². The van der Waals surface area contributed by atoms with E-state index in [2.05, 4.69) is 10.3 Å². The van der Waals surface area contributed by atoms with Gasteiger partial charge in [0.1, 0.15) is 11.6 Å². The van der Waals surface area contributed by atoms with Crippen LogP contribution in [0.25, 0.3) is 11.3 Å². The molecule has 1 amide bonds. The number of carbonyl (C=O) groups is 1. The van der Waals surface area contributed by atoms with Crippen LogP contribution in [-0.2, 0) is 11.2 Å². The summed E-state index contributed by atoms with van der Waals surface area (Å²) in [4.78, 5) is 16.8. The van der Waals surface area contributed by atoms with Crippen molar-refractivity contribution in [3.05, 3.63) is 113 Å². The van der Waals surface area contributed by atoms with Crippen LogP contribution < -0.4 is 5.32 Å². The van der Waals surface area contributed by atoms with E-state index in [4.69, 9.17) is 4.42 Å². The van der Waals surface area contributed by atoms with E-state index in [-0.39, 0.29) is 42.0 Å². The molecule has 32 heavy (non-hydrogen) atoms. The average Bonchev–Trinajstić information content (AvgIpc) is 3.26. The Hall–Kier alpha value is -3.80. The van der Waals surface area contributed by atoms with Crippen molar-refractivity contribution in [3.63, 3.8) is 0 Å². The molecule has 1 unspecified atom stereocenters. The summed E-state index contributed by atoms with van der Waals surface area (Å²) in [7, 11) is 0. The molecule has 1 atom stereocenters. The minimum absolute atomic E-state index is 0.00201. The summed E-state index contributed by atoms with van der Waals surface area (Å²) in [6.07, 6.45) is 1.60. The minimum Gasteiger partial charge on any atom is -0.441 e. The Balaban J connectivity index is 1.45. The standard InChI is InChI=1S/C26H22F2N2O2/c1-17-10-12-19(13-11-17)26(18-6-3-2-4-7-18)30-23(31)14-15-24-29-16-22(32-24)25-20(27)8-5-9-21(25)28/h2-13,16,26H,14-15H2,1H3,(H,30,31). The van der Waals surface area contributed by atoms with Crippen LogP contribution in [0.2, 0.25) is 0 Å². The highest BCUT2D eigenvalue weighted by Crippen LogP contribution is 2.27. The third-order valence-corrected chi connectivity index (χ3v) is 5.18.